The molecule has 1 fully saturated rings. The Labute approximate surface area is 237 Å². The maximum absolute atomic E-state index is 13.3. The van der Waals surface area contributed by atoms with E-state index in [1.54, 1.807) is 12.1 Å². The summed E-state index contributed by atoms with van der Waals surface area (Å²) in [4.78, 5) is 23.2. The number of carbonyl (C=O) groups excluding carboxylic acids is 1. The van der Waals surface area contributed by atoms with Crippen LogP contribution < -0.4 is 10.1 Å². The van der Waals surface area contributed by atoms with Gasteiger partial charge in [0.25, 0.3) is 0 Å². The summed E-state index contributed by atoms with van der Waals surface area (Å²) in [5.41, 5.74) is 1.59. The number of carboxylic acids is 1. The van der Waals surface area contributed by atoms with Crippen LogP contribution in [0.2, 0.25) is 0 Å². The van der Waals surface area contributed by atoms with Crippen LogP contribution in [0.3, 0.4) is 0 Å². The second kappa shape index (κ2) is 11.3. The Hall–Kier alpha value is -3.47. The Bertz CT molecular complexity index is 1700. The number of thiophene rings is 1. The highest BCUT2D eigenvalue weighted by Gasteiger charge is 2.30. The third-order valence-electron chi connectivity index (χ3n) is 6.54. The van der Waals surface area contributed by atoms with Gasteiger partial charge in [0.2, 0.25) is 10.0 Å². The fourth-order valence-corrected chi connectivity index (χ4v) is 7.98. The summed E-state index contributed by atoms with van der Waals surface area (Å²) in [6.45, 7) is 0.797. The van der Waals surface area contributed by atoms with Crippen LogP contribution in [0.5, 0.6) is 5.75 Å². The van der Waals surface area contributed by atoms with Crippen LogP contribution in [0.4, 0.5) is 5.69 Å². The van der Waals surface area contributed by atoms with Gasteiger partial charge >= 0.3 is 5.97 Å². The SMILES string of the molecule is O=C=COc1c(C(=O)O)sc(-c2cccc(NC3CCN(S(=O)(=O)c4ccc5ccccc5c4)CC3)c2)c1Br. The van der Waals surface area contributed by atoms with Crippen molar-refractivity contribution < 1.29 is 27.9 Å². The van der Waals surface area contributed by atoms with Crippen LogP contribution in [-0.4, -0.2) is 48.9 Å². The number of carbonyl (C=O) groups is 1. The van der Waals surface area contributed by atoms with E-state index in [4.69, 9.17) is 4.74 Å². The number of rotatable bonds is 8. The molecule has 200 valence electrons. The number of nitrogens with zero attached hydrogens (tertiary/aromatic N) is 1. The van der Waals surface area contributed by atoms with E-state index in [0.29, 0.717) is 40.2 Å². The first-order chi connectivity index (χ1) is 18.8. The molecule has 0 radical (unpaired) electrons. The predicted octanol–water partition coefficient (Wildman–Crippen LogP) is 6.02. The van der Waals surface area contributed by atoms with E-state index < -0.39 is 16.0 Å². The standard InChI is InChI=1S/C28H23BrN2O6S2/c29-24-25(37-15-14-32)27(28(33)34)38-26(24)20-6-3-7-22(16-20)30-21-10-12-31(13-11-21)39(35,36)23-9-8-18-4-1-2-5-19(18)17-23/h1-9,15-17,21,30H,10-13H2,(H,33,34). The van der Waals surface area contributed by atoms with Crippen molar-refractivity contribution in [2.75, 3.05) is 18.4 Å². The number of ether oxygens (including phenoxy) is 1. The number of piperidine rings is 1. The van der Waals surface area contributed by atoms with Gasteiger partial charge in [0.05, 0.1) is 14.2 Å². The highest BCUT2D eigenvalue weighted by molar-refractivity contribution is 9.10. The molecule has 0 aliphatic carbocycles. The van der Waals surface area contributed by atoms with E-state index in [-0.39, 0.29) is 16.7 Å². The first-order valence-electron chi connectivity index (χ1n) is 12.1. The van der Waals surface area contributed by atoms with E-state index in [1.807, 2.05) is 54.6 Å². The summed E-state index contributed by atoms with van der Waals surface area (Å²) in [5, 5.41) is 14.9. The molecule has 0 saturated carbocycles. The number of fused-ring (bicyclic) bond motifs is 1. The molecule has 0 unspecified atom stereocenters. The van der Waals surface area contributed by atoms with Crippen molar-refractivity contribution in [3.05, 3.63) is 82.3 Å². The molecule has 11 heteroatoms. The molecule has 4 aromatic rings. The number of hydrogen-bond acceptors (Lipinski definition) is 7. The summed E-state index contributed by atoms with van der Waals surface area (Å²) in [7, 11) is -3.60. The van der Waals surface area contributed by atoms with E-state index in [1.165, 1.54) is 10.2 Å². The first kappa shape index (κ1) is 27.1. The van der Waals surface area contributed by atoms with Gasteiger partial charge in [0, 0.05) is 24.8 Å². The van der Waals surface area contributed by atoms with Crippen molar-refractivity contribution in [3.63, 3.8) is 0 Å². The zero-order chi connectivity index (χ0) is 27.6. The summed E-state index contributed by atoms with van der Waals surface area (Å²) in [5.74, 6) is 0.364. The van der Waals surface area contributed by atoms with Crippen LogP contribution in [0, 0.1) is 0 Å². The molecular weight excluding hydrogens is 604 g/mol. The molecule has 1 aromatic heterocycles. The van der Waals surface area contributed by atoms with Crippen LogP contribution >= 0.6 is 27.3 Å². The molecule has 1 aliphatic heterocycles. The minimum atomic E-state index is -3.60. The molecule has 0 bridgehead atoms. The molecule has 2 N–H and O–H groups in total. The van der Waals surface area contributed by atoms with E-state index in [9.17, 15) is 23.1 Å². The van der Waals surface area contributed by atoms with Crippen LogP contribution in [-0.2, 0) is 14.8 Å². The molecule has 5 rings (SSSR count). The normalized spacial score (nSPS) is 14.6. The molecule has 1 saturated heterocycles. The lowest BCUT2D eigenvalue weighted by Crippen LogP contribution is -2.42. The summed E-state index contributed by atoms with van der Waals surface area (Å²) in [6, 6.07) is 20.5. The van der Waals surface area contributed by atoms with Gasteiger partial charge in [-0.05, 0) is 69.4 Å². The number of carboxylic acid groups (broad SMARTS) is 1. The molecule has 39 heavy (non-hydrogen) atoms. The summed E-state index contributed by atoms with van der Waals surface area (Å²) in [6.07, 6.45) is 2.05. The van der Waals surface area contributed by atoms with Crippen LogP contribution in [0.25, 0.3) is 21.2 Å². The predicted molar refractivity (Wildman–Crippen MR) is 155 cm³/mol. The van der Waals surface area contributed by atoms with Crippen molar-refractivity contribution in [2.45, 2.75) is 23.8 Å². The van der Waals surface area contributed by atoms with Gasteiger partial charge in [-0.25, -0.2) is 18.0 Å². The number of anilines is 1. The molecular formula is C28H23BrN2O6S2. The zero-order valence-corrected chi connectivity index (χ0v) is 23.7. The van der Waals surface area contributed by atoms with Crippen molar-refractivity contribution in [3.8, 4) is 16.2 Å². The second-order valence-corrected chi connectivity index (χ2v) is 12.7. The molecule has 2 heterocycles. The van der Waals surface area contributed by atoms with Gasteiger partial charge in [-0.3, -0.25) is 0 Å². The number of aromatic carboxylic acids is 1. The highest BCUT2D eigenvalue weighted by Crippen LogP contribution is 2.46. The van der Waals surface area contributed by atoms with Gasteiger partial charge in [-0.2, -0.15) is 4.31 Å². The van der Waals surface area contributed by atoms with Crippen molar-refractivity contribution in [2.24, 2.45) is 0 Å². The third kappa shape index (κ3) is 5.63. The molecule has 1 aliphatic rings. The Balaban J connectivity index is 1.29. The Morgan fingerprint density at radius 2 is 1.82 bits per heavy atom. The Kier molecular flexibility index (Phi) is 7.88. The lowest BCUT2D eigenvalue weighted by molar-refractivity contribution is 0.0699. The summed E-state index contributed by atoms with van der Waals surface area (Å²) < 4.78 is 33.8. The topological polar surface area (TPSA) is 113 Å². The molecule has 0 spiro atoms. The van der Waals surface area contributed by atoms with Crippen molar-refractivity contribution in [1.82, 2.24) is 4.31 Å². The Morgan fingerprint density at radius 3 is 2.54 bits per heavy atom. The van der Waals surface area contributed by atoms with E-state index in [2.05, 4.69) is 21.2 Å². The second-order valence-electron chi connectivity index (χ2n) is 8.97. The van der Waals surface area contributed by atoms with Crippen molar-refractivity contribution in [1.29, 1.82) is 0 Å². The number of halogens is 1. The van der Waals surface area contributed by atoms with E-state index in [0.717, 1.165) is 39.6 Å². The number of sulfonamides is 1. The maximum atomic E-state index is 13.3. The van der Waals surface area contributed by atoms with Gasteiger partial charge < -0.3 is 15.2 Å². The number of benzene rings is 3. The van der Waals surface area contributed by atoms with Crippen LogP contribution in [0.15, 0.2) is 82.4 Å². The first-order valence-corrected chi connectivity index (χ1v) is 15.1. The summed E-state index contributed by atoms with van der Waals surface area (Å²) >= 11 is 4.44. The fraction of sp³-hybridized carbons (Fsp3) is 0.179. The average molecular weight is 628 g/mol. The molecule has 0 atom stereocenters. The fourth-order valence-electron chi connectivity index (χ4n) is 4.61. The Morgan fingerprint density at radius 1 is 1.08 bits per heavy atom. The van der Waals surface area contributed by atoms with Gasteiger partial charge in [-0.15, -0.1) is 11.3 Å². The molecule has 3 aromatic carbocycles. The minimum Gasteiger partial charge on any atom is -0.477 e. The lowest BCUT2D eigenvalue weighted by atomic mass is 10.1. The minimum absolute atomic E-state index is 0.0401. The largest absolute Gasteiger partial charge is 0.477 e. The number of hydrogen-bond donors (Lipinski definition) is 2. The van der Waals surface area contributed by atoms with Gasteiger partial charge in [-0.1, -0.05) is 42.5 Å². The quantitative estimate of drug-likeness (QED) is 0.182. The van der Waals surface area contributed by atoms with Crippen molar-refractivity contribution >= 4 is 65.7 Å². The van der Waals surface area contributed by atoms with Crippen LogP contribution in [0.1, 0.15) is 22.5 Å². The van der Waals surface area contributed by atoms with Gasteiger partial charge in [0.15, 0.2) is 22.8 Å². The third-order valence-corrected chi connectivity index (χ3v) is 10.7. The average Bonchev–Trinajstić information content (AvgIpc) is 3.28. The monoisotopic (exact) mass is 626 g/mol. The smallest absolute Gasteiger partial charge is 0.349 e. The van der Waals surface area contributed by atoms with Gasteiger partial charge in [0.1, 0.15) is 0 Å². The maximum Gasteiger partial charge on any atom is 0.349 e. The zero-order valence-electron chi connectivity index (χ0n) is 20.5. The highest BCUT2D eigenvalue weighted by atomic mass is 79.9. The lowest BCUT2D eigenvalue weighted by Gasteiger charge is -2.32. The number of nitrogens with one attached hydrogen (secondary N) is 1. The molecule has 8 nitrogen and oxygen atoms in total. The molecule has 0 amide bonds. The van der Waals surface area contributed by atoms with E-state index >= 15 is 0 Å².